The van der Waals surface area contributed by atoms with Crippen LogP contribution in [0, 0.1) is 5.41 Å². The van der Waals surface area contributed by atoms with Gasteiger partial charge < -0.3 is 4.74 Å². The highest BCUT2D eigenvalue weighted by Gasteiger charge is 2.13. The minimum absolute atomic E-state index is 0.145. The lowest BCUT2D eigenvalue weighted by molar-refractivity contribution is 0.0457. The van der Waals surface area contributed by atoms with Crippen molar-refractivity contribution in [1.82, 2.24) is 9.97 Å². The maximum atomic E-state index is 11.5. The first-order valence-electron chi connectivity index (χ1n) is 5.03. The largest absolute Gasteiger partial charge is 0.461 e. The minimum atomic E-state index is -0.464. The molecule has 1 heterocycles. The second-order valence-corrected chi connectivity index (χ2v) is 5.06. The summed E-state index contributed by atoms with van der Waals surface area (Å²) in [5.74, 6) is -0.464. The van der Waals surface area contributed by atoms with Gasteiger partial charge in [0.15, 0.2) is 5.69 Å². The van der Waals surface area contributed by atoms with Crippen LogP contribution in [0.5, 0.6) is 0 Å². The van der Waals surface area contributed by atoms with Gasteiger partial charge in [0.2, 0.25) is 0 Å². The van der Waals surface area contributed by atoms with Gasteiger partial charge in [-0.25, -0.2) is 14.8 Å². The Balaban J connectivity index is 2.44. The van der Waals surface area contributed by atoms with E-state index >= 15 is 0 Å². The van der Waals surface area contributed by atoms with Gasteiger partial charge in [-0.05, 0) is 11.8 Å². The number of carbonyl (C=O) groups is 1. The molecule has 1 aromatic heterocycles. The fraction of sp³-hybridized carbons (Fsp3) is 0.545. The Morgan fingerprint density at radius 1 is 1.38 bits per heavy atom. The molecular formula is C11H15ClN2O2. The highest BCUT2D eigenvalue weighted by molar-refractivity contribution is 6.29. The smallest absolute Gasteiger partial charge is 0.358 e. The van der Waals surface area contributed by atoms with Crippen molar-refractivity contribution in [1.29, 1.82) is 0 Å². The summed E-state index contributed by atoms with van der Waals surface area (Å²) in [4.78, 5) is 19.1. The molecule has 16 heavy (non-hydrogen) atoms. The minimum Gasteiger partial charge on any atom is -0.461 e. The Labute approximate surface area is 100 Å². The van der Waals surface area contributed by atoms with Crippen LogP contribution in [0.4, 0.5) is 0 Å². The highest BCUT2D eigenvalue weighted by Crippen LogP contribution is 2.18. The number of aromatic nitrogens is 2. The molecule has 5 heteroatoms. The fourth-order valence-electron chi connectivity index (χ4n) is 0.942. The molecule has 1 rings (SSSR count). The second kappa shape index (κ2) is 5.25. The van der Waals surface area contributed by atoms with Crippen LogP contribution in [-0.2, 0) is 4.74 Å². The number of ether oxygens (including phenoxy) is 1. The van der Waals surface area contributed by atoms with Crippen molar-refractivity contribution in [2.75, 3.05) is 6.61 Å². The van der Waals surface area contributed by atoms with Crippen LogP contribution in [-0.4, -0.2) is 22.5 Å². The zero-order chi connectivity index (χ0) is 12.2. The second-order valence-electron chi connectivity index (χ2n) is 4.67. The predicted octanol–water partition coefficient (Wildman–Crippen LogP) is 2.72. The van der Waals surface area contributed by atoms with Crippen molar-refractivity contribution in [2.45, 2.75) is 27.2 Å². The van der Waals surface area contributed by atoms with E-state index in [0.29, 0.717) is 6.61 Å². The van der Waals surface area contributed by atoms with Gasteiger partial charge in [-0.1, -0.05) is 32.4 Å². The molecule has 88 valence electrons. The van der Waals surface area contributed by atoms with Crippen molar-refractivity contribution in [2.24, 2.45) is 5.41 Å². The third-order valence-electron chi connectivity index (χ3n) is 1.91. The van der Waals surface area contributed by atoms with Gasteiger partial charge in [-0.3, -0.25) is 0 Å². The molecule has 0 aliphatic rings. The summed E-state index contributed by atoms with van der Waals surface area (Å²) in [5.41, 5.74) is 0.324. The van der Waals surface area contributed by atoms with E-state index in [1.807, 2.05) is 0 Å². The third kappa shape index (κ3) is 4.57. The normalized spacial score (nSPS) is 11.2. The number of hydrogen-bond acceptors (Lipinski definition) is 4. The van der Waals surface area contributed by atoms with E-state index < -0.39 is 5.97 Å². The summed E-state index contributed by atoms with van der Waals surface area (Å²) in [6, 6.07) is 0. The van der Waals surface area contributed by atoms with E-state index in [-0.39, 0.29) is 16.3 Å². The maximum absolute atomic E-state index is 11.5. The molecule has 1 aromatic rings. The molecule has 0 saturated heterocycles. The number of carbonyl (C=O) groups excluding carboxylic acids is 1. The molecule has 0 aliphatic carbocycles. The first-order chi connectivity index (χ1) is 7.38. The number of nitrogens with zero attached hydrogens (tertiary/aromatic N) is 2. The van der Waals surface area contributed by atoms with Crippen LogP contribution in [0.25, 0.3) is 0 Å². The molecule has 0 aromatic carbocycles. The molecule has 4 nitrogen and oxygen atoms in total. The van der Waals surface area contributed by atoms with Crippen LogP contribution in [0.15, 0.2) is 12.4 Å². The number of rotatable bonds is 3. The lowest BCUT2D eigenvalue weighted by Crippen LogP contribution is -2.14. The molecule has 0 spiro atoms. The lowest BCUT2D eigenvalue weighted by atomic mass is 9.93. The van der Waals surface area contributed by atoms with Gasteiger partial charge in [0.05, 0.1) is 19.0 Å². The first kappa shape index (κ1) is 12.9. The van der Waals surface area contributed by atoms with E-state index in [4.69, 9.17) is 16.3 Å². The molecular weight excluding hydrogens is 228 g/mol. The SMILES string of the molecule is CC(C)(C)CCOC(=O)c1cnc(Cl)cn1. The van der Waals surface area contributed by atoms with Crippen molar-refractivity contribution in [3.8, 4) is 0 Å². The molecule has 0 aliphatic heterocycles. The average Bonchev–Trinajstić information content (AvgIpc) is 2.16. The molecule has 0 fully saturated rings. The van der Waals surface area contributed by atoms with Gasteiger partial charge in [0.1, 0.15) is 5.15 Å². The van der Waals surface area contributed by atoms with E-state index in [9.17, 15) is 4.79 Å². The summed E-state index contributed by atoms with van der Waals surface area (Å²) >= 11 is 5.55. The molecule has 0 saturated carbocycles. The van der Waals surface area contributed by atoms with Crippen molar-refractivity contribution in [3.63, 3.8) is 0 Å². The highest BCUT2D eigenvalue weighted by atomic mass is 35.5. The Kier molecular flexibility index (Phi) is 4.24. The van der Waals surface area contributed by atoms with Gasteiger partial charge >= 0.3 is 5.97 Å². The number of esters is 1. The molecule has 0 N–H and O–H groups in total. The summed E-state index contributed by atoms with van der Waals surface area (Å²) in [6.45, 7) is 6.64. The first-order valence-corrected chi connectivity index (χ1v) is 5.41. The van der Waals surface area contributed by atoms with Crippen molar-refractivity contribution < 1.29 is 9.53 Å². The Hall–Kier alpha value is -1.16. The number of hydrogen-bond donors (Lipinski definition) is 0. The molecule has 0 amide bonds. The standard InChI is InChI=1S/C11H15ClN2O2/c1-11(2,3)4-5-16-10(15)8-6-14-9(12)7-13-8/h6-7H,4-5H2,1-3H3. The van der Waals surface area contributed by atoms with Crippen LogP contribution < -0.4 is 0 Å². The Morgan fingerprint density at radius 2 is 2.06 bits per heavy atom. The Bertz CT molecular complexity index is 357. The van der Waals surface area contributed by atoms with Gasteiger partial charge in [-0.2, -0.15) is 0 Å². The molecule has 0 atom stereocenters. The van der Waals surface area contributed by atoms with Crippen LogP contribution >= 0.6 is 11.6 Å². The third-order valence-corrected chi connectivity index (χ3v) is 2.11. The zero-order valence-corrected chi connectivity index (χ0v) is 10.4. The summed E-state index contributed by atoms with van der Waals surface area (Å²) in [5, 5.41) is 0.256. The quantitative estimate of drug-likeness (QED) is 0.765. The van der Waals surface area contributed by atoms with E-state index in [0.717, 1.165) is 6.42 Å². The zero-order valence-electron chi connectivity index (χ0n) is 9.66. The van der Waals surface area contributed by atoms with Crippen LogP contribution in [0.3, 0.4) is 0 Å². The monoisotopic (exact) mass is 242 g/mol. The van der Waals surface area contributed by atoms with Gasteiger partial charge in [0.25, 0.3) is 0 Å². The maximum Gasteiger partial charge on any atom is 0.358 e. The van der Waals surface area contributed by atoms with E-state index in [1.54, 1.807) is 0 Å². The Morgan fingerprint density at radius 3 is 2.56 bits per heavy atom. The van der Waals surface area contributed by atoms with Crippen LogP contribution in [0.2, 0.25) is 5.15 Å². The predicted molar refractivity (Wildman–Crippen MR) is 61.4 cm³/mol. The topological polar surface area (TPSA) is 52.1 Å². The van der Waals surface area contributed by atoms with Crippen molar-refractivity contribution in [3.05, 3.63) is 23.2 Å². The fourth-order valence-corrected chi connectivity index (χ4v) is 1.04. The summed E-state index contributed by atoms with van der Waals surface area (Å²) in [7, 11) is 0. The average molecular weight is 243 g/mol. The van der Waals surface area contributed by atoms with Gasteiger partial charge in [0, 0.05) is 0 Å². The van der Waals surface area contributed by atoms with E-state index in [2.05, 4.69) is 30.7 Å². The van der Waals surface area contributed by atoms with E-state index in [1.165, 1.54) is 12.4 Å². The molecule has 0 bridgehead atoms. The summed E-state index contributed by atoms with van der Waals surface area (Å²) in [6.07, 6.45) is 3.43. The van der Waals surface area contributed by atoms with Gasteiger partial charge in [-0.15, -0.1) is 0 Å². The molecule has 0 radical (unpaired) electrons. The lowest BCUT2D eigenvalue weighted by Gasteiger charge is -2.17. The van der Waals surface area contributed by atoms with Crippen molar-refractivity contribution >= 4 is 17.6 Å². The summed E-state index contributed by atoms with van der Waals surface area (Å²) < 4.78 is 5.06. The van der Waals surface area contributed by atoms with Crippen LogP contribution in [0.1, 0.15) is 37.7 Å². The molecule has 0 unspecified atom stereocenters. The number of halogens is 1.